The Morgan fingerprint density at radius 3 is 2.56 bits per heavy atom. The van der Waals surface area contributed by atoms with E-state index in [1.54, 1.807) is 24.0 Å². The van der Waals surface area contributed by atoms with Gasteiger partial charge in [0.1, 0.15) is 0 Å². The van der Waals surface area contributed by atoms with E-state index in [4.69, 9.17) is 10.3 Å². The first-order valence-corrected chi connectivity index (χ1v) is 7.57. The summed E-state index contributed by atoms with van der Waals surface area (Å²) >= 11 is 0. The molecule has 0 amide bonds. The maximum absolute atomic E-state index is 12.1. The summed E-state index contributed by atoms with van der Waals surface area (Å²) < 4.78 is 17.3. The van der Waals surface area contributed by atoms with E-state index in [9.17, 15) is 4.57 Å². The van der Waals surface area contributed by atoms with Crippen LogP contribution in [0.4, 0.5) is 11.4 Å². The number of hydrogen-bond acceptors (Lipinski definition) is 4. The van der Waals surface area contributed by atoms with E-state index >= 15 is 0 Å². The fourth-order valence-corrected chi connectivity index (χ4v) is 3.18. The fourth-order valence-electron chi connectivity index (χ4n) is 1.85. The Kier molecular flexibility index (Phi) is 3.60. The van der Waals surface area contributed by atoms with Gasteiger partial charge in [-0.25, -0.2) is 0 Å². The zero-order valence-electron chi connectivity index (χ0n) is 10.5. The topological polar surface area (TPSA) is 55.6 Å². The van der Waals surface area contributed by atoms with Crippen molar-refractivity contribution in [1.29, 1.82) is 0 Å². The molecule has 1 aromatic rings. The van der Waals surface area contributed by atoms with Crippen molar-refractivity contribution in [1.82, 2.24) is 0 Å². The Bertz CT molecular complexity index is 534. The summed E-state index contributed by atoms with van der Waals surface area (Å²) in [7, 11) is -2.72. The number of nitrogens with zero attached hydrogens (tertiary/aromatic N) is 1. The predicted octanol–water partition coefficient (Wildman–Crippen LogP) is 3.65. The van der Waals surface area contributed by atoms with Gasteiger partial charge in [0.15, 0.2) is 0 Å². The molecule has 2 N–H and O–H groups in total. The van der Waals surface area contributed by atoms with Gasteiger partial charge in [0.2, 0.25) is 7.37 Å². The Morgan fingerprint density at radius 1 is 1.33 bits per heavy atom. The lowest BCUT2D eigenvalue weighted by atomic mass is 10.1. The van der Waals surface area contributed by atoms with E-state index in [2.05, 4.69) is 0 Å². The van der Waals surface area contributed by atoms with E-state index < -0.39 is 7.37 Å². The number of aryl methyl sites for hydroxylation is 1. The smallest absolute Gasteiger partial charge is 0.250 e. The van der Waals surface area contributed by atoms with Gasteiger partial charge in [0, 0.05) is 35.4 Å². The van der Waals surface area contributed by atoms with Crippen molar-refractivity contribution in [3.8, 4) is 0 Å². The summed E-state index contributed by atoms with van der Waals surface area (Å²) in [6.45, 7) is 4.26. The fraction of sp³-hybridized carbons (Fsp3) is 0.231. The van der Waals surface area contributed by atoms with Crippen LogP contribution in [0.2, 0.25) is 0 Å². The second-order valence-electron chi connectivity index (χ2n) is 4.11. The summed E-state index contributed by atoms with van der Waals surface area (Å²) in [5, 5.41) is 0. The van der Waals surface area contributed by atoms with Gasteiger partial charge in [-0.2, -0.15) is 0 Å². The number of anilines is 2. The van der Waals surface area contributed by atoms with Gasteiger partial charge >= 0.3 is 0 Å². The lowest BCUT2D eigenvalue weighted by molar-refractivity contribution is 0.346. The average Bonchev–Trinajstić information content (AvgIpc) is 2.31. The lowest BCUT2D eigenvalue weighted by Gasteiger charge is -2.23. The van der Waals surface area contributed by atoms with Crippen molar-refractivity contribution in [3.63, 3.8) is 0 Å². The molecule has 18 heavy (non-hydrogen) atoms. The summed E-state index contributed by atoms with van der Waals surface area (Å²) in [5.41, 5.74) is 8.54. The average molecular weight is 264 g/mol. The molecule has 4 nitrogen and oxygen atoms in total. The molecule has 0 saturated carbocycles. The highest BCUT2D eigenvalue weighted by Crippen LogP contribution is 2.52. The van der Waals surface area contributed by atoms with E-state index in [-0.39, 0.29) is 0 Å². The van der Waals surface area contributed by atoms with Crippen LogP contribution in [-0.2, 0) is 9.09 Å². The normalized spacial score (nSPS) is 17.1. The van der Waals surface area contributed by atoms with Crippen molar-refractivity contribution >= 4 is 18.7 Å². The quantitative estimate of drug-likeness (QED) is 0.668. The molecule has 0 atom stereocenters. The van der Waals surface area contributed by atoms with Crippen LogP contribution in [0.3, 0.4) is 0 Å². The van der Waals surface area contributed by atoms with Crippen LogP contribution < -0.4 is 10.6 Å². The molecule has 0 spiro atoms. The molecule has 96 valence electrons. The van der Waals surface area contributed by atoms with Crippen LogP contribution in [0.5, 0.6) is 0 Å². The molecular formula is C13H17N2O2P. The third kappa shape index (κ3) is 2.66. The van der Waals surface area contributed by atoms with Crippen LogP contribution in [0.25, 0.3) is 0 Å². The Labute approximate surface area is 107 Å². The molecule has 5 heteroatoms. The van der Waals surface area contributed by atoms with Crippen molar-refractivity contribution in [2.75, 3.05) is 17.2 Å². The van der Waals surface area contributed by atoms with Gasteiger partial charge in [-0.05, 0) is 37.6 Å². The maximum atomic E-state index is 12.1. The minimum absolute atomic E-state index is 0.437. The maximum Gasteiger partial charge on any atom is 0.250 e. The molecule has 1 aliphatic heterocycles. The summed E-state index contributed by atoms with van der Waals surface area (Å²) in [6.07, 6.45) is 3.55. The highest BCUT2D eigenvalue weighted by atomic mass is 31.2. The van der Waals surface area contributed by atoms with Gasteiger partial charge in [0.25, 0.3) is 0 Å². The first-order chi connectivity index (χ1) is 8.54. The largest absolute Gasteiger partial charge is 0.399 e. The second-order valence-corrected chi connectivity index (χ2v) is 6.26. The minimum Gasteiger partial charge on any atom is -0.399 e. The second kappa shape index (κ2) is 5.01. The zero-order valence-corrected chi connectivity index (χ0v) is 11.4. The number of hydrogen-bond donors (Lipinski definition) is 1. The first-order valence-electron chi connectivity index (χ1n) is 5.81. The molecule has 1 heterocycles. The van der Waals surface area contributed by atoms with Crippen LogP contribution in [-0.4, -0.2) is 6.61 Å². The lowest BCUT2D eigenvalue weighted by Crippen LogP contribution is -2.11. The van der Waals surface area contributed by atoms with Crippen molar-refractivity contribution in [3.05, 3.63) is 47.8 Å². The third-order valence-electron chi connectivity index (χ3n) is 2.70. The highest BCUT2D eigenvalue weighted by molar-refractivity contribution is 7.65. The van der Waals surface area contributed by atoms with E-state index in [1.807, 2.05) is 36.9 Å². The number of rotatable bonds is 3. The van der Waals surface area contributed by atoms with E-state index in [1.165, 1.54) is 0 Å². The van der Waals surface area contributed by atoms with Gasteiger partial charge < -0.3 is 15.2 Å². The molecule has 1 aliphatic rings. The Balaban J connectivity index is 2.24. The van der Waals surface area contributed by atoms with Gasteiger partial charge in [-0.1, -0.05) is 0 Å². The van der Waals surface area contributed by atoms with Gasteiger partial charge in [-0.15, -0.1) is 0 Å². The number of benzene rings is 1. The van der Waals surface area contributed by atoms with Crippen molar-refractivity contribution in [2.45, 2.75) is 13.8 Å². The van der Waals surface area contributed by atoms with Crippen LogP contribution in [0.15, 0.2) is 42.2 Å². The van der Waals surface area contributed by atoms with E-state index in [0.717, 1.165) is 16.9 Å². The van der Waals surface area contributed by atoms with Crippen LogP contribution in [0, 0.1) is 6.92 Å². The number of nitrogens with two attached hydrogens (primary N) is 1. The SMILES string of the molecule is CCOP1(=O)C=CN(c2ccc(N)cc2C)C=C1. The molecule has 0 fully saturated rings. The molecule has 0 aliphatic carbocycles. The molecular weight excluding hydrogens is 247 g/mol. The predicted molar refractivity (Wildman–Crippen MR) is 75.6 cm³/mol. The molecule has 0 saturated heterocycles. The molecule has 0 unspecified atom stereocenters. The number of nitrogen functional groups attached to an aromatic ring is 1. The molecule has 0 aromatic heterocycles. The molecule has 0 radical (unpaired) electrons. The Hall–Kier alpha value is -1.51. The minimum atomic E-state index is -2.72. The molecule has 2 rings (SSSR count). The highest BCUT2D eigenvalue weighted by Gasteiger charge is 2.19. The Morgan fingerprint density at radius 2 is 2.00 bits per heavy atom. The van der Waals surface area contributed by atoms with Crippen molar-refractivity contribution < 1.29 is 9.09 Å². The van der Waals surface area contributed by atoms with Crippen LogP contribution in [0.1, 0.15) is 12.5 Å². The summed E-state index contributed by atoms with van der Waals surface area (Å²) in [6, 6.07) is 5.70. The van der Waals surface area contributed by atoms with Gasteiger partial charge in [-0.3, -0.25) is 4.57 Å². The van der Waals surface area contributed by atoms with Gasteiger partial charge in [0.05, 0.1) is 6.61 Å². The molecule has 0 bridgehead atoms. The van der Waals surface area contributed by atoms with Crippen LogP contribution >= 0.6 is 7.37 Å². The standard InChI is InChI=1S/C13H17N2O2P/c1-3-17-18(16)8-6-15(7-9-18)13-5-4-12(14)10-11(13)2/h4-10H,3,14H2,1-2H3. The molecule has 1 aromatic carbocycles. The first kappa shape index (κ1) is 12.9. The summed E-state index contributed by atoms with van der Waals surface area (Å²) in [5.74, 6) is 3.23. The van der Waals surface area contributed by atoms with Crippen molar-refractivity contribution in [2.24, 2.45) is 0 Å². The van der Waals surface area contributed by atoms with E-state index in [0.29, 0.717) is 6.61 Å². The summed E-state index contributed by atoms with van der Waals surface area (Å²) in [4.78, 5) is 1.91. The monoisotopic (exact) mass is 264 g/mol. The third-order valence-corrected chi connectivity index (χ3v) is 4.46. The zero-order chi connectivity index (χ0) is 13.2.